The lowest BCUT2D eigenvalue weighted by Gasteiger charge is -2.18. The van der Waals surface area contributed by atoms with Gasteiger partial charge in [-0.1, -0.05) is 49.2 Å². The summed E-state index contributed by atoms with van der Waals surface area (Å²) >= 11 is 11.9. The fraction of sp³-hybridized carbons (Fsp3) is 0.435. The molecule has 1 aliphatic rings. The molecule has 1 saturated heterocycles. The second-order valence-electron chi connectivity index (χ2n) is 7.85. The molecular weight excluding hydrogens is 465 g/mol. The zero-order chi connectivity index (χ0) is 23.8. The predicted molar refractivity (Wildman–Crippen MR) is 130 cm³/mol. The SMILES string of the molecule is CCC(Oc1ncc(Cl)cc1Cl)C(=O)NCc1cccc(NC(=O)NC2CCN(CC)C2)c1. The van der Waals surface area contributed by atoms with Gasteiger partial charge in [-0.25, -0.2) is 9.78 Å². The maximum Gasteiger partial charge on any atom is 0.319 e. The Morgan fingerprint density at radius 1 is 1.27 bits per heavy atom. The van der Waals surface area contributed by atoms with Crippen molar-refractivity contribution >= 4 is 40.8 Å². The Balaban J connectivity index is 1.50. The smallest absolute Gasteiger partial charge is 0.319 e. The molecule has 1 aliphatic heterocycles. The summed E-state index contributed by atoms with van der Waals surface area (Å²) in [6.07, 6.45) is 2.04. The molecule has 0 aliphatic carbocycles. The molecule has 2 atom stereocenters. The number of nitrogens with zero attached hydrogens (tertiary/aromatic N) is 2. The van der Waals surface area contributed by atoms with Crippen molar-refractivity contribution in [3.05, 3.63) is 52.1 Å². The normalized spacial score (nSPS) is 16.8. The van der Waals surface area contributed by atoms with Crippen LogP contribution in [0.25, 0.3) is 0 Å². The minimum Gasteiger partial charge on any atom is -0.463 e. The van der Waals surface area contributed by atoms with Gasteiger partial charge in [0.25, 0.3) is 5.91 Å². The number of pyridine rings is 1. The number of hydrogen-bond donors (Lipinski definition) is 3. The van der Waals surface area contributed by atoms with Crippen LogP contribution < -0.4 is 20.7 Å². The maximum absolute atomic E-state index is 12.6. The second kappa shape index (κ2) is 12.1. The monoisotopic (exact) mass is 493 g/mol. The number of carbonyl (C=O) groups is 2. The van der Waals surface area contributed by atoms with E-state index in [-0.39, 0.29) is 35.4 Å². The molecule has 178 valence electrons. The number of anilines is 1. The Kier molecular flexibility index (Phi) is 9.17. The van der Waals surface area contributed by atoms with E-state index in [2.05, 4.69) is 32.8 Å². The summed E-state index contributed by atoms with van der Waals surface area (Å²) in [5, 5.41) is 9.37. The number of nitrogens with one attached hydrogen (secondary N) is 3. The fourth-order valence-electron chi connectivity index (χ4n) is 3.60. The first kappa shape index (κ1) is 25.1. The van der Waals surface area contributed by atoms with Gasteiger partial charge in [0.2, 0.25) is 5.88 Å². The van der Waals surface area contributed by atoms with Gasteiger partial charge in [0, 0.05) is 37.6 Å². The summed E-state index contributed by atoms with van der Waals surface area (Å²) in [7, 11) is 0. The van der Waals surface area contributed by atoms with Gasteiger partial charge >= 0.3 is 6.03 Å². The molecule has 10 heteroatoms. The van der Waals surface area contributed by atoms with Crippen molar-refractivity contribution in [1.82, 2.24) is 20.5 Å². The molecule has 0 bridgehead atoms. The zero-order valence-corrected chi connectivity index (χ0v) is 20.2. The first-order valence-electron chi connectivity index (χ1n) is 11.0. The minimum atomic E-state index is -0.752. The van der Waals surface area contributed by atoms with Gasteiger partial charge in [0.1, 0.15) is 5.02 Å². The van der Waals surface area contributed by atoms with Crippen molar-refractivity contribution in [3.63, 3.8) is 0 Å². The van der Waals surface area contributed by atoms with E-state index in [1.807, 2.05) is 31.2 Å². The molecule has 1 aromatic heterocycles. The second-order valence-corrected chi connectivity index (χ2v) is 8.69. The van der Waals surface area contributed by atoms with Gasteiger partial charge in [-0.15, -0.1) is 0 Å². The predicted octanol–water partition coefficient (Wildman–Crippen LogP) is 4.08. The topological polar surface area (TPSA) is 95.6 Å². The van der Waals surface area contributed by atoms with E-state index < -0.39 is 6.10 Å². The summed E-state index contributed by atoms with van der Waals surface area (Å²) in [5.41, 5.74) is 1.50. The van der Waals surface area contributed by atoms with E-state index in [1.54, 1.807) is 0 Å². The highest BCUT2D eigenvalue weighted by Gasteiger charge is 2.23. The Morgan fingerprint density at radius 2 is 2.09 bits per heavy atom. The number of rotatable bonds is 9. The molecule has 1 fully saturated rings. The Hall–Kier alpha value is -2.55. The third-order valence-corrected chi connectivity index (χ3v) is 5.88. The van der Waals surface area contributed by atoms with E-state index in [0.29, 0.717) is 17.1 Å². The van der Waals surface area contributed by atoms with Crippen LogP contribution in [0.4, 0.5) is 10.5 Å². The molecule has 1 aromatic carbocycles. The number of benzene rings is 1. The van der Waals surface area contributed by atoms with Gasteiger partial charge in [-0.05, 0) is 43.1 Å². The molecule has 3 amide bonds. The molecule has 0 spiro atoms. The number of likely N-dealkylation sites (N-methyl/N-ethyl adjacent to an activating group) is 1. The highest BCUT2D eigenvalue weighted by Crippen LogP contribution is 2.26. The van der Waals surface area contributed by atoms with Gasteiger partial charge < -0.3 is 25.6 Å². The van der Waals surface area contributed by atoms with E-state index in [1.165, 1.54) is 12.3 Å². The van der Waals surface area contributed by atoms with Crippen molar-refractivity contribution < 1.29 is 14.3 Å². The van der Waals surface area contributed by atoms with Crippen molar-refractivity contribution in [2.45, 2.75) is 45.4 Å². The summed E-state index contributed by atoms with van der Waals surface area (Å²) in [6, 6.07) is 8.77. The summed E-state index contributed by atoms with van der Waals surface area (Å²) < 4.78 is 5.67. The average molecular weight is 494 g/mol. The quantitative estimate of drug-likeness (QED) is 0.489. The van der Waals surface area contributed by atoms with Crippen LogP contribution in [0, 0.1) is 0 Å². The molecule has 3 N–H and O–H groups in total. The lowest BCUT2D eigenvalue weighted by Crippen LogP contribution is -2.39. The first-order chi connectivity index (χ1) is 15.9. The summed E-state index contributed by atoms with van der Waals surface area (Å²) in [4.78, 5) is 31.3. The van der Waals surface area contributed by atoms with Crippen LogP contribution in [0.2, 0.25) is 10.0 Å². The molecule has 2 unspecified atom stereocenters. The number of likely N-dealkylation sites (tertiary alicyclic amines) is 1. The molecule has 33 heavy (non-hydrogen) atoms. The maximum atomic E-state index is 12.6. The molecule has 0 radical (unpaired) electrons. The highest BCUT2D eigenvalue weighted by atomic mass is 35.5. The molecule has 2 aromatic rings. The van der Waals surface area contributed by atoms with E-state index in [0.717, 1.165) is 31.6 Å². The number of ether oxygens (including phenoxy) is 1. The Bertz CT molecular complexity index is 975. The van der Waals surface area contributed by atoms with Crippen LogP contribution in [-0.2, 0) is 11.3 Å². The first-order valence-corrected chi connectivity index (χ1v) is 11.8. The van der Waals surface area contributed by atoms with Crippen LogP contribution in [0.15, 0.2) is 36.5 Å². The number of urea groups is 1. The fourth-order valence-corrected chi connectivity index (χ4v) is 4.02. The lowest BCUT2D eigenvalue weighted by molar-refractivity contribution is -0.128. The Morgan fingerprint density at radius 3 is 2.79 bits per heavy atom. The van der Waals surface area contributed by atoms with Crippen LogP contribution >= 0.6 is 23.2 Å². The molecule has 3 rings (SSSR count). The van der Waals surface area contributed by atoms with Crippen LogP contribution in [0.1, 0.15) is 32.3 Å². The minimum absolute atomic E-state index is 0.155. The number of amides is 3. The van der Waals surface area contributed by atoms with E-state index in [4.69, 9.17) is 27.9 Å². The zero-order valence-electron chi connectivity index (χ0n) is 18.7. The van der Waals surface area contributed by atoms with Crippen LogP contribution in [-0.4, -0.2) is 53.6 Å². The number of halogens is 2. The number of aromatic nitrogens is 1. The van der Waals surface area contributed by atoms with Crippen molar-refractivity contribution in [2.24, 2.45) is 0 Å². The standard InChI is InChI=1S/C23H29Cl2N5O3/c1-3-20(33-22-19(25)11-16(24)13-27-22)21(31)26-12-15-6-5-7-17(10-15)28-23(32)29-18-8-9-30(4-2)14-18/h5-7,10-11,13,18,20H,3-4,8-9,12,14H2,1-2H3,(H,26,31)(H2,28,29,32). The number of hydrogen-bond acceptors (Lipinski definition) is 5. The largest absolute Gasteiger partial charge is 0.463 e. The van der Waals surface area contributed by atoms with Gasteiger partial charge in [-0.2, -0.15) is 0 Å². The third kappa shape index (κ3) is 7.48. The van der Waals surface area contributed by atoms with E-state index in [9.17, 15) is 9.59 Å². The van der Waals surface area contributed by atoms with Crippen molar-refractivity contribution in [2.75, 3.05) is 25.0 Å². The highest BCUT2D eigenvalue weighted by molar-refractivity contribution is 6.35. The molecule has 2 heterocycles. The van der Waals surface area contributed by atoms with Crippen molar-refractivity contribution in [3.8, 4) is 5.88 Å². The molecule has 8 nitrogen and oxygen atoms in total. The third-order valence-electron chi connectivity index (χ3n) is 5.40. The lowest BCUT2D eigenvalue weighted by atomic mass is 10.2. The van der Waals surface area contributed by atoms with Gasteiger partial charge in [-0.3, -0.25) is 4.79 Å². The summed E-state index contributed by atoms with van der Waals surface area (Å²) in [6.45, 7) is 7.09. The van der Waals surface area contributed by atoms with Crippen LogP contribution in [0.5, 0.6) is 5.88 Å². The summed E-state index contributed by atoms with van der Waals surface area (Å²) in [5.74, 6) is -0.132. The number of carbonyl (C=O) groups excluding carboxylic acids is 2. The van der Waals surface area contributed by atoms with E-state index >= 15 is 0 Å². The Labute approximate surface area is 204 Å². The van der Waals surface area contributed by atoms with Crippen molar-refractivity contribution in [1.29, 1.82) is 0 Å². The average Bonchev–Trinajstić information content (AvgIpc) is 3.24. The van der Waals surface area contributed by atoms with Gasteiger partial charge in [0.15, 0.2) is 6.10 Å². The molecule has 0 saturated carbocycles. The molecular formula is C23H29Cl2N5O3. The van der Waals surface area contributed by atoms with Crippen LogP contribution in [0.3, 0.4) is 0 Å². The van der Waals surface area contributed by atoms with Gasteiger partial charge in [0.05, 0.1) is 5.02 Å².